The first kappa shape index (κ1) is 10.6. The smallest absolute Gasteiger partial charge is 0.123 e. The molecule has 1 heterocycles. The van der Waals surface area contributed by atoms with Gasteiger partial charge in [0.2, 0.25) is 0 Å². The van der Waals surface area contributed by atoms with Crippen LogP contribution >= 0.6 is 0 Å². The van der Waals surface area contributed by atoms with Crippen molar-refractivity contribution in [2.75, 3.05) is 6.54 Å². The van der Waals surface area contributed by atoms with Crippen LogP contribution in [0.3, 0.4) is 0 Å². The number of hydrogen-bond donors (Lipinski definition) is 1. The van der Waals surface area contributed by atoms with Gasteiger partial charge in [-0.15, -0.1) is 0 Å². The highest BCUT2D eigenvalue weighted by atomic mass is 19.1. The lowest BCUT2D eigenvalue weighted by Gasteiger charge is -2.15. The summed E-state index contributed by atoms with van der Waals surface area (Å²) in [6.45, 7) is 3.37. The lowest BCUT2D eigenvalue weighted by Crippen LogP contribution is -2.20. The van der Waals surface area contributed by atoms with E-state index >= 15 is 0 Å². The SMILES string of the molecule is C[C@@H]1CCN[C@@H](c2ccc(F)cc2)CC1. The number of rotatable bonds is 1. The minimum absolute atomic E-state index is 0.152. The van der Waals surface area contributed by atoms with Crippen LogP contribution in [0.15, 0.2) is 24.3 Å². The van der Waals surface area contributed by atoms with Crippen molar-refractivity contribution in [3.8, 4) is 0 Å². The fourth-order valence-corrected chi connectivity index (χ4v) is 2.18. The zero-order valence-electron chi connectivity index (χ0n) is 9.17. The lowest BCUT2D eigenvalue weighted by molar-refractivity contribution is 0.501. The summed E-state index contributed by atoms with van der Waals surface area (Å²) < 4.78 is 12.8. The average Bonchev–Trinajstić information content (AvgIpc) is 2.44. The van der Waals surface area contributed by atoms with Gasteiger partial charge in [-0.25, -0.2) is 4.39 Å². The topological polar surface area (TPSA) is 12.0 Å². The van der Waals surface area contributed by atoms with Gasteiger partial charge in [0.15, 0.2) is 0 Å². The molecular formula is C13H18FN. The number of hydrogen-bond acceptors (Lipinski definition) is 1. The molecule has 1 aliphatic heterocycles. The van der Waals surface area contributed by atoms with E-state index in [1.807, 2.05) is 12.1 Å². The van der Waals surface area contributed by atoms with Crippen molar-refractivity contribution < 1.29 is 4.39 Å². The van der Waals surface area contributed by atoms with Crippen molar-refractivity contribution in [3.63, 3.8) is 0 Å². The molecule has 1 aliphatic rings. The van der Waals surface area contributed by atoms with E-state index in [1.54, 1.807) is 12.1 Å². The number of benzene rings is 1. The van der Waals surface area contributed by atoms with Gasteiger partial charge >= 0.3 is 0 Å². The van der Waals surface area contributed by atoms with Gasteiger partial charge in [0.25, 0.3) is 0 Å². The Labute approximate surface area is 90.7 Å². The van der Waals surface area contributed by atoms with Crippen molar-refractivity contribution in [1.29, 1.82) is 0 Å². The molecule has 0 amide bonds. The molecule has 0 aromatic heterocycles. The molecule has 0 saturated carbocycles. The average molecular weight is 207 g/mol. The van der Waals surface area contributed by atoms with Gasteiger partial charge in [0.05, 0.1) is 0 Å². The molecule has 0 unspecified atom stereocenters. The van der Waals surface area contributed by atoms with Crippen LogP contribution < -0.4 is 5.32 Å². The van der Waals surface area contributed by atoms with E-state index in [2.05, 4.69) is 12.2 Å². The second-order valence-corrected chi connectivity index (χ2v) is 4.53. The molecule has 0 radical (unpaired) electrons. The summed E-state index contributed by atoms with van der Waals surface area (Å²) in [6.07, 6.45) is 3.67. The molecule has 82 valence electrons. The van der Waals surface area contributed by atoms with Crippen molar-refractivity contribution in [3.05, 3.63) is 35.6 Å². The third kappa shape index (κ3) is 2.78. The fraction of sp³-hybridized carbons (Fsp3) is 0.538. The van der Waals surface area contributed by atoms with E-state index in [-0.39, 0.29) is 5.82 Å². The largest absolute Gasteiger partial charge is 0.310 e. The second kappa shape index (κ2) is 4.75. The normalized spacial score (nSPS) is 27.3. The Morgan fingerprint density at radius 2 is 1.87 bits per heavy atom. The van der Waals surface area contributed by atoms with E-state index in [0.717, 1.165) is 18.9 Å². The summed E-state index contributed by atoms with van der Waals surface area (Å²) in [7, 11) is 0. The van der Waals surface area contributed by atoms with Crippen LogP contribution in [0.4, 0.5) is 4.39 Å². The first-order valence-electron chi connectivity index (χ1n) is 5.74. The molecule has 15 heavy (non-hydrogen) atoms. The highest BCUT2D eigenvalue weighted by molar-refractivity contribution is 5.20. The Morgan fingerprint density at radius 1 is 1.13 bits per heavy atom. The highest BCUT2D eigenvalue weighted by Crippen LogP contribution is 2.25. The lowest BCUT2D eigenvalue weighted by atomic mass is 9.98. The van der Waals surface area contributed by atoms with E-state index in [9.17, 15) is 4.39 Å². The number of halogens is 1. The Hall–Kier alpha value is -0.890. The van der Waals surface area contributed by atoms with Gasteiger partial charge in [0.1, 0.15) is 5.82 Å². The molecule has 0 bridgehead atoms. The van der Waals surface area contributed by atoms with Crippen molar-refractivity contribution in [2.45, 2.75) is 32.2 Å². The van der Waals surface area contributed by atoms with Crippen LogP contribution in [0.1, 0.15) is 37.8 Å². The molecule has 2 atom stereocenters. The fourth-order valence-electron chi connectivity index (χ4n) is 2.18. The summed E-state index contributed by atoms with van der Waals surface area (Å²) in [4.78, 5) is 0. The van der Waals surface area contributed by atoms with Crippen molar-refractivity contribution >= 4 is 0 Å². The van der Waals surface area contributed by atoms with Gasteiger partial charge in [0, 0.05) is 6.04 Å². The first-order valence-corrected chi connectivity index (χ1v) is 5.74. The zero-order valence-corrected chi connectivity index (χ0v) is 9.17. The molecule has 0 spiro atoms. The summed E-state index contributed by atoms with van der Waals surface area (Å²) in [5, 5.41) is 3.53. The predicted molar refractivity (Wildman–Crippen MR) is 60.2 cm³/mol. The molecule has 1 N–H and O–H groups in total. The minimum Gasteiger partial charge on any atom is -0.310 e. The maximum Gasteiger partial charge on any atom is 0.123 e. The monoisotopic (exact) mass is 207 g/mol. The van der Waals surface area contributed by atoms with Crippen LogP contribution in [0, 0.1) is 11.7 Å². The van der Waals surface area contributed by atoms with Crippen LogP contribution in [-0.4, -0.2) is 6.54 Å². The van der Waals surface area contributed by atoms with E-state index in [4.69, 9.17) is 0 Å². The summed E-state index contributed by atoms with van der Waals surface area (Å²) in [6, 6.07) is 7.29. The Balaban J connectivity index is 2.06. The molecule has 1 fully saturated rings. The molecule has 1 aromatic rings. The Bertz CT molecular complexity index is 307. The molecule has 2 rings (SSSR count). The van der Waals surface area contributed by atoms with E-state index < -0.39 is 0 Å². The Kier molecular flexibility index (Phi) is 3.37. The molecular weight excluding hydrogens is 189 g/mol. The van der Waals surface area contributed by atoms with Crippen LogP contribution in [0.2, 0.25) is 0 Å². The molecule has 1 saturated heterocycles. The standard InChI is InChI=1S/C13H18FN/c1-10-2-7-13(15-9-8-10)11-3-5-12(14)6-4-11/h3-6,10,13,15H,2,7-9H2,1H3/t10-,13+/m0/s1. The van der Waals surface area contributed by atoms with Gasteiger partial charge in [-0.05, 0) is 49.4 Å². The summed E-state index contributed by atoms with van der Waals surface area (Å²) in [5.41, 5.74) is 1.21. The second-order valence-electron chi connectivity index (χ2n) is 4.53. The maximum absolute atomic E-state index is 12.8. The van der Waals surface area contributed by atoms with E-state index in [1.165, 1.54) is 18.4 Å². The predicted octanol–water partition coefficient (Wildman–Crippen LogP) is 3.28. The van der Waals surface area contributed by atoms with Gasteiger partial charge in [-0.2, -0.15) is 0 Å². The van der Waals surface area contributed by atoms with Crippen LogP contribution in [0.25, 0.3) is 0 Å². The van der Waals surface area contributed by atoms with Crippen LogP contribution in [-0.2, 0) is 0 Å². The van der Waals surface area contributed by atoms with Crippen LogP contribution in [0.5, 0.6) is 0 Å². The summed E-state index contributed by atoms with van der Waals surface area (Å²) >= 11 is 0. The quantitative estimate of drug-likeness (QED) is 0.745. The Morgan fingerprint density at radius 3 is 2.60 bits per heavy atom. The maximum atomic E-state index is 12.8. The third-order valence-electron chi connectivity index (χ3n) is 3.25. The zero-order chi connectivity index (χ0) is 10.7. The third-order valence-corrected chi connectivity index (χ3v) is 3.25. The van der Waals surface area contributed by atoms with Gasteiger partial charge in [-0.1, -0.05) is 19.1 Å². The van der Waals surface area contributed by atoms with Crippen molar-refractivity contribution in [2.24, 2.45) is 5.92 Å². The first-order chi connectivity index (χ1) is 7.25. The van der Waals surface area contributed by atoms with E-state index in [0.29, 0.717) is 6.04 Å². The van der Waals surface area contributed by atoms with Gasteiger partial charge < -0.3 is 5.32 Å². The minimum atomic E-state index is -0.152. The van der Waals surface area contributed by atoms with Crippen molar-refractivity contribution in [1.82, 2.24) is 5.32 Å². The van der Waals surface area contributed by atoms with Gasteiger partial charge in [-0.3, -0.25) is 0 Å². The molecule has 0 aliphatic carbocycles. The molecule has 2 heteroatoms. The molecule has 1 aromatic carbocycles. The summed E-state index contributed by atoms with van der Waals surface area (Å²) in [5.74, 6) is 0.656. The molecule has 1 nitrogen and oxygen atoms in total. The number of nitrogens with one attached hydrogen (secondary N) is 1. The highest BCUT2D eigenvalue weighted by Gasteiger charge is 2.16.